The highest BCUT2D eigenvalue weighted by atomic mass is 32.2. The third-order valence-electron chi connectivity index (χ3n) is 2.12. The molecule has 1 aromatic carbocycles. The number of halogens is 1. The maximum atomic E-state index is 11.9. The molecule has 1 rings (SSSR count). The summed E-state index contributed by atoms with van der Waals surface area (Å²) in [6.45, 7) is 14.4. The van der Waals surface area contributed by atoms with Crippen LogP contribution in [0.15, 0.2) is 23.1 Å². The van der Waals surface area contributed by atoms with Gasteiger partial charge in [-0.2, -0.15) is 0 Å². The monoisotopic (exact) mass is 282 g/mol. The van der Waals surface area contributed by atoms with Gasteiger partial charge in [0.2, 0.25) is 0 Å². The molecule has 1 aromatic rings. The maximum Gasteiger partial charge on any atom is 0.111 e. The maximum absolute atomic E-state index is 11.9. The zero-order chi connectivity index (χ0) is 15.3. The van der Waals surface area contributed by atoms with Crippen LogP contribution in [0.1, 0.15) is 65.5 Å². The topological polar surface area (TPSA) is 0 Å². The highest BCUT2D eigenvalue weighted by Gasteiger charge is 2.07. The first kappa shape index (κ1) is 20.4. The van der Waals surface area contributed by atoms with E-state index in [0.29, 0.717) is 5.92 Å². The van der Waals surface area contributed by atoms with Crippen molar-refractivity contribution in [2.24, 2.45) is 0 Å². The quantitative estimate of drug-likeness (QED) is 0.466. The van der Waals surface area contributed by atoms with Crippen LogP contribution in [0.25, 0.3) is 0 Å². The van der Waals surface area contributed by atoms with Crippen LogP contribution in [0, 0.1) is 12.1 Å². The molecule has 0 spiro atoms. The van der Waals surface area contributed by atoms with E-state index in [2.05, 4.69) is 26.7 Å². The summed E-state index contributed by atoms with van der Waals surface area (Å²) in [6, 6.07) is 5.88. The summed E-state index contributed by atoms with van der Waals surface area (Å²) < 4.78 is 11.9. The predicted molar refractivity (Wildman–Crippen MR) is 87.6 cm³/mol. The van der Waals surface area contributed by atoms with Gasteiger partial charge in [0.25, 0.3) is 0 Å². The van der Waals surface area contributed by atoms with Crippen molar-refractivity contribution in [2.75, 3.05) is 5.75 Å². The van der Waals surface area contributed by atoms with E-state index in [1.54, 1.807) is 0 Å². The van der Waals surface area contributed by atoms with Crippen molar-refractivity contribution in [2.45, 2.75) is 59.3 Å². The third kappa shape index (κ3) is 7.95. The van der Waals surface area contributed by atoms with Crippen molar-refractivity contribution < 1.29 is 4.39 Å². The molecule has 19 heavy (non-hydrogen) atoms. The predicted octanol–water partition coefficient (Wildman–Crippen LogP) is 6.25. The molecular formula is C17H27FS. The summed E-state index contributed by atoms with van der Waals surface area (Å²) in [5.41, 5.74) is 2.00. The summed E-state index contributed by atoms with van der Waals surface area (Å²) in [5.74, 6) is 3.94. The lowest BCUT2D eigenvalue weighted by Gasteiger charge is -2.11. The van der Waals surface area contributed by atoms with Crippen molar-refractivity contribution >= 4 is 11.8 Å². The Labute approximate surface area is 123 Å². The van der Waals surface area contributed by atoms with Gasteiger partial charge >= 0.3 is 0 Å². The molecule has 0 aliphatic rings. The Hall–Kier alpha value is -0.940. The van der Waals surface area contributed by atoms with Crippen molar-refractivity contribution in [1.29, 1.82) is 0 Å². The molecule has 0 bridgehead atoms. The number of benzene rings is 1. The highest BCUT2D eigenvalue weighted by molar-refractivity contribution is 7.99. The zero-order valence-corrected chi connectivity index (χ0v) is 14.1. The van der Waals surface area contributed by atoms with E-state index >= 15 is 0 Å². The minimum absolute atomic E-state index is 0.445. The molecule has 0 amide bonds. The Balaban J connectivity index is 0. The SMILES string of the molecule is CC.CC.CCSc1ccc(C#CF)cc1C(C)C. The van der Waals surface area contributed by atoms with E-state index in [9.17, 15) is 4.39 Å². The van der Waals surface area contributed by atoms with Crippen LogP contribution < -0.4 is 0 Å². The first-order chi connectivity index (χ1) is 9.19. The third-order valence-corrected chi connectivity index (χ3v) is 3.09. The highest BCUT2D eigenvalue weighted by Crippen LogP contribution is 2.29. The first-order valence-corrected chi connectivity index (χ1v) is 8.06. The molecule has 0 aliphatic carbocycles. The van der Waals surface area contributed by atoms with Gasteiger partial charge in [-0.25, -0.2) is 0 Å². The van der Waals surface area contributed by atoms with E-state index in [1.807, 2.05) is 57.7 Å². The molecule has 0 aromatic heterocycles. The fraction of sp³-hybridized carbons (Fsp3) is 0.529. The van der Waals surface area contributed by atoms with Gasteiger partial charge < -0.3 is 0 Å². The molecular weight excluding hydrogens is 255 g/mol. The van der Waals surface area contributed by atoms with Gasteiger partial charge in [0, 0.05) is 10.5 Å². The van der Waals surface area contributed by atoms with Crippen molar-refractivity contribution in [3.8, 4) is 12.1 Å². The van der Waals surface area contributed by atoms with Gasteiger partial charge in [-0.3, -0.25) is 0 Å². The van der Waals surface area contributed by atoms with Crippen LogP contribution in [0.3, 0.4) is 0 Å². The molecule has 0 N–H and O–H groups in total. The minimum Gasteiger partial charge on any atom is -0.144 e. The minimum atomic E-state index is 0.445. The Bertz CT molecular complexity index is 386. The van der Waals surface area contributed by atoms with Crippen LogP contribution in [0.5, 0.6) is 0 Å². The van der Waals surface area contributed by atoms with Gasteiger partial charge in [-0.15, -0.1) is 16.2 Å². The van der Waals surface area contributed by atoms with Gasteiger partial charge in [-0.05, 0) is 41.4 Å². The lowest BCUT2D eigenvalue weighted by atomic mass is 10.0. The van der Waals surface area contributed by atoms with Crippen LogP contribution in [0.2, 0.25) is 0 Å². The molecule has 0 atom stereocenters. The number of thioether (sulfide) groups is 1. The van der Waals surface area contributed by atoms with E-state index in [-0.39, 0.29) is 0 Å². The zero-order valence-electron chi connectivity index (χ0n) is 13.3. The first-order valence-electron chi connectivity index (χ1n) is 7.07. The normalized spacial score (nSPS) is 8.47. The number of rotatable bonds is 3. The van der Waals surface area contributed by atoms with Crippen molar-refractivity contribution in [1.82, 2.24) is 0 Å². The summed E-state index contributed by atoms with van der Waals surface area (Å²) in [6.07, 6.45) is 1.44. The molecule has 0 nitrogen and oxygen atoms in total. The molecule has 0 heterocycles. The van der Waals surface area contributed by atoms with E-state index in [4.69, 9.17) is 0 Å². The summed E-state index contributed by atoms with van der Waals surface area (Å²) in [7, 11) is 0. The van der Waals surface area contributed by atoms with Gasteiger partial charge in [0.15, 0.2) is 0 Å². The Morgan fingerprint density at radius 1 is 1.16 bits per heavy atom. The smallest absolute Gasteiger partial charge is 0.111 e. The van der Waals surface area contributed by atoms with Crippen LogP contribution >= 0.6 is 11.8 Å². The molecule has 108 valence electrons. The summed E-state index contributed by atoms with van der Waals surface area (Å²) in [5, 5.41) is 0. The second-order valence-electron chi connectivity index (χ2n) is 3.56. The molecule has 0 saturated heterocycles. The molecule has 0 unspecified atom stereocenters. The average Bonchev–Trinajstić information content (AvgIpc) is 2.45. The number of hydrogen-bond acceptors (Lipinski definition) is 1. The number of hydrogen-bond donors (Lipinski definition) is 0. The molecule has 0 fully saturated rings. The van der Waals surface area contributed by atoms with Crippen LogP contribution in [-0.2, 0) is 0 Å². The molecule has 0 radical (unpaired) electrons. The largest absolute Gasteiger partial charge is 0.144 e. The molecule has 0 saturated carbocycles. The van der Waals surface area contributed by atoms with Gasteiger partial charge in [0.1, 0.15) is 6.17 Å². The van der Waals surface area contributed by atoms with Crippen LogP contribution in [0.4, 0.5) is 4.39 Å². The second kappa shape index (κ2) is 13.5. The van der Waals surface area contributed by atoms with E-state index in [1.165, 1.54) is 16.6 Å². The second-order valence-corrected chi connectivity index (χ2v) is 4.87. The standard InChI is InChI=1S/C13H15FS.2C2H6/c1-4-15-13-6-5-11(7-8-14)9-12(13)10(2)3;2*1-2/h5-6,9-10H,4H2,1-3H3;2*1-2H3. The lowest BCUT2D eigenvalue weighted by molar-refractivity contribution is 0.773. The Morgan fingerprint density at radius 2 is 1.74 bits per heavy atom. The van der Waals surface area contributed by atoms with Crippen molar-refractivity contribution in [3.05, 3.63) is 29.3 Å². The molecule has 2 heteroatoms. The average molecular weight is 282 g/mol. The Kier molecular flexibility index (Phi) is 14.5. The van der Waals surface area contributed by atoms with E-state index < -0.39 is 0 Å². The van der Waals surface area contributed by atoms with Crippen LogP contribution in [-0.4, -0.2) is 5.75 Å². The van der Waals surface area contributed by atoms with E-state index in [0.717, 1.165) is 11.3 Å². The Morgan fingerprint density at radius 3 is 2.16 bits per heavy atom. The fourth-order valence-electron chi connectivity index (χ4n) is 1.42. The lowest BCUT2D eigenvalue weighted by Crippen LogP contribution is -1.92. The summed E-state index contributed by atoms with van der Waals surface area (Å²) in [4.78, 5) is 1.27. The summed E-state index contributed by atoms with van der Waals surface area (Å²) >= 11 is 1.82. The fourth-order valence-corrected chi connectivity index (χ4v) is 2.36. The van der Waals surface area contributed by atoms with Crippen molar-refractivity contribution in [3.63, 3.8) is 0 Å². The molecule has 0 aliphatic heterocycles. The van der Waals surface area contributed by atoms with Gasteiger partial charge in [-0.1, -0.05) is 48.5 Å². The van der Waals surface area contributed by atoms with Gasteiger partial charge in [0.05, 0.1) is 0 Å².